The van der Waals surface area contributed by atoms with Gasteiger partial charge in [0.25, 0.3) is 11.6 Å². The van der Waals surface area contributed by atoms with Gasteiger partial charge in [-0.15, -0.1) is 12.4 Å². The lowest BCUT2D eigenvalue weighted by atomic mass is 10.0. The van der Waals surface area contributed by atoms with Gasteiger partial charge in [-0.1, -0.05) is 0 Å². The van der Waals surface area contributed by atoms with Crippen molar-refractivity contribution in [3.05, 3.63) is 27.8 Å². The summed E-state index contributed by atoms with van der Waals surface area (Å²) in [5.41, 5.74) is -0.251. The molecule has 0 aromatic heterocycles. The summed E-state index contributed by atoms with van der Waals surface area (Å²) in [5, 5.41) is 14.5. The molecule has 0 spiro atoms. The number of ether oxygens (including phenoxy) is 2. The zero-order valence-electron chi connectivity index (χ0n) is 13.9. The second-order valence-corrected chi connectivity index (χ2v) is 5.34. The number of hydrogen-bond donors (Lipinski definition) is 1. The highest BCUT2D eigenvalue weighted by Crippen LogP contribution is 2.35. The molecule has 1 saturated heterocycles. The Morgan fingerprint density at radius 1 is 1.25 bits per heavy atom. The van der Waals surface area contributed by atoms with Gasteiger partial charge >= 0.3 is 0 Å². The largest absolute Gasteiger partial charge is 0.493 e. The van der Waals surface area contributed by atoms with Crippen LogP contribution in [0.5, 0.6) is 11.5 Å². The number of amides is 1. The highest BCUT2D eigenvalue weighted by Gasteiger charge is 2.30. The molecule has 0 atom stereocenters. The maximum atomic E-state index is 12.7. The van der Waals surface area contributed by atoms with E-state index in [0.717, 1.165) is 12.8 Å². The third-order valence-electron chi connectivity index (χ3n) is 4.12. The van der Waals surface area contributed by atoms with E-state index in [2.05, 4.69) is 5.32 Å². The number of nitrogens with one attached hydrogen (secondary N) is 1. The molecular formula is C15H22ClN3O5. The molecule has 134 valence electrons. The molecule has 2 rings (SSSR count). The molecule has 8 nitrogen and oxygen atoms in total. The summed E-state index contributed by atoms with van der Waals surface area (Å²) >= 11 is 0. The lowest BCUT2D eigenvalue weighted by Gasteiger charge is -2.31. The molecule has 1 aromatic rings. The molecule has 1 aromatic carbocycles. The number of carbonyl (C=O) groups is 1. The van der Waals surface area contributed by atoms with Crippen LogP contribution in [-0.4, -0.2) is 56.1 Å². The van der Waals surface area contributed by atoms with E-state index in [4.69, 9.17) is 9.47 Å². The average molecular weight is 360 g/mol. The van der Waals surface area contributed by atoms with E-state index in [1.54, 1.807) is 4.90 Å². The van der Waals surface area contributed by atoms with Crippen LogP contribution in [0.2, 0.25) is 0 Å². The van der Waals surface area contributed by atoms with E-state index in [-0.39, 0.29) is 35.3 Å². The van der Waals surface area contributed by atoms with E-state index in [1.165, 1.54) is 26.4 Å². The van der Waals surface area contributed by atoms with Gasteiger partial charge < -0.3 is 19.7 Å². The maximum Gasteiger partial charge on any atom is 0.286 e. The number of rotatable bonds is 5. The van der Waals surface area contributed by atoms with Crippen LogP contribution in [0.4, 0.5) is 5.69 Å². The van der Waals surface area contributed by atoms with Crippen LogP contribution in [0.15, 0.2) is 12.1 Å². The fraction of sp³-hybridized carbons (Fsp3) is 0.533. The van der Waals surface area contributed by atoms with Gasteiger partial charge in [0.2, 0.25) is 0 Å². The molecule has 24 heavy (non-hydrogen) atoms. The number of nitrogens with zero attached hydrogens (tertiary/aromatic N) is 2. The minimum absolute atomic E-state index is 0. The summed E-state index contributed by atoms with van der Waals surface area (Å²) < 4.78 is 10.2. The Morgan fingerprint density at radius 3 is 2.25 bits per heavy atom. The van der Waals surface area contributed by atoms with Crippen LogP contribution in [0.25, 0.3) is 0 Å². The predicted octanol–water partition coefficient (Wildman–Crippen LogP) is 1.86. The number of piperidine rings is 1. The quantitative estimate of drug-likeness (QED) is 0.637. The van der Waals surface area contributed by atoms with Gasteiger partial charge in [0.15, 0.2) is 11.5 Å². The number of methoxy groups -OCH3 is 2. The van der Waals surface area contributed by atoms with Crippen LogP contribution in [-0.2, 0) is 0 Å². The molecule has 1 aliphatic heterocycles. The Bertz CT molecular complexity index is 603. The lowest BCUT2D eigenvalue weighted by Crippen LogP contribution is -2.44. The summed E-state index contributed by atoms with van der Waals surface area (Å²) in [5.74, 6) is 0.170. The minimum Gasteiger partial charge on any atom is -0.493 e. The van der Waals surface area contributed by atoms with Gasteiger partial charge in [-0.3, -0.25) is 14.9 Å². The summed E-state index contributed by atoms with van der Waals surface area (Å²) in [7, 11) is 4.71. The van der Waals surface area contributed by atoms with Crippen molar-refractivity contribution >= 4 is 24.0 Å². The molecule has 0 saturated carbocycles. The Morgan fingerprint density at radius 2 is 1.79 bits per heavy atom. The van der Waals surface area contributed by atoms with Crippen molar-refractivity contribution in [2.75, 3.05) is 34.4 Å². The second-order valence-electron chi connectivity index (χ2n) is 5.34. The van der Waals surface area contributed by atoms with Crippen molar-refractivity contribution in [1.29, 1.82) is 0 Å². The maximum absolute atomic E-state index is 12.7. The smallest absolute Gasteiger partial charge is 0.286 e. The molecule has 1 amide bonds. The summed E-state index contributed by atoms with van der Waals surface area (Å²) in [6, 6.07) is 2.98. The first-order valence-electron chi connectivity index (χ1n) is 7.38. The molecule has 0 aliphatic carbocycles. The van der Waals surface area contributed by atoms with Crippen LogP contribution in [0.1, 0.15) is 23.2 Å². The molecule has 0 bridgehead atoms. The lowest BCUT2D eigenvalue weighted by molar-refractivity contribution is -0.385. The van der Waals surface area contributed by atoms with Crippen molar-refractivity contribution in [1.82, 2.24) is 10.2 Å². The predicted molar refractivity (Wildman–Crippen MR) is 91.4 cm³/mol. The zero-order valence-corrected chi connectivity index (χ0v) is 14.7. The van der Waals surface area contributed by atoms with E-state index in [0.29, 0.717) is 24.9 Å². The van der Waals surface area contributed by atoms with Gasteiger partial charge in [0.05, 0.1) is 25.2 Å². The first-order chi connectivity index (χ1) is 11.0. The first-order valence-corrected chi connectivity index (χ1v) is 7.38. The van der Waals surface area contributed by atoms with E-state index >= 15 is 0 Å². The van der Waals surface area contributed by atoms with Crippen LogP contribution < -0.4 is 14.8 Å². The standard InChI is InChI=1S/C15H21N3O5.ClH/c1-16-10-4-6-17(7-5-10)15(19)11-8-13(22-2)14(23-3)9-12(11)18(20)21;/h8-10,16H,4-7H2,1-3H3;1H. The van der Waals surface area contributed by atoms with Gasteiger partial charge in [-0.25, -0.2) is 0 Å². The monoisotopic (exact) mass is 359 g/mol. The highest BCUT2D eigenvalue weighted by molar-refractivity contribution is 5.99. The molecule has 0 unspecified atom stereocenters. The zero-order chi connectivity index (χ0) is 17.0. The summed E-state index contributed by atoms with van der Waals surface area (Å²) in [6.45, 7) is 1.13. The number of benzene rings is 1. The SMILES string of the molecule is CNC1CCN(C(=O)c2cc(OC)c(OC)cc2[N+](=O)[O-])CC1.Cl. The van der Waals surface area contributed by atoms with Crippen molar-refractivity contribution in [3.63, 3.8) is 0 Å². The summed E-state index contributed by atoms with van der Waals surface area (Å²) in [4.78, 5) is 25.1. The second kappa shape index (κ2) is 8.70. The number of nitro groups is 1. The molecule has 1 fully saturated rings. The van der Waals surface area contributed by atoms with Gasteiger partial charge in [-0.2, -0.15) is 0 Å². The van der Waals surface area contributed by atoms with Crippen molar-refractivity contribution in [3.8, 4) is 11.5 Å². The fourth-order valence-corrected chi connectivity index (χ4v) is 2.73. The van der Waals surface area contributed by atoms with Gasteiger partial charge in [0, 0.05) is 25.2 Å². The molecule has 1 N–H and O–H groups in total. The third kappa shape index (κ3) is 4.07. The number of hydrogen-bond acceptors (Lipinski definition) is 6. The van der Waals surface area contributed by atoms with Crippen molar-refractivity contribution in [2.24, 2.45) is 0 Å². The van der Waals surface area contributed by atoms with Crippen molar-refractivity contribution < 1.29 is 19.2 Å². The van der Waals surface area contributed by atoms with E-state index < -0.39 is 4.92 Å². The Hall–Kier alpha value is -2.06. The molecule has 0 radical (unpaired) electrons. The van der Waals surface area contributed by atoms with Crippen LogP contribution in [0.3, 0.4) is 0 Å². The van der Waals surface area contributed by atoms with Gasteiger partial charge in [0.1, 0.15) is 5.56 Å². The molecular weight excluding hydrogens is 338 g/mol. The first kappa shape index (κ1) is 20.0. The topological polar surface area (TPSA) is 93.9 Å². The van der Waals surface area contributed by atoms with Crippen molar-refractivity contribution in [2.45, 2.75) is 18.9 Å². The fourth-order valence-electron chi connectivity index (χ4n) is 2.73. The normalized spacial score (nSPS) is 14.7. The Kier molecular flexibility index (Phi) is 7.24. The Balaban J connectivity index is 0.00000288. The Labute approximate surface area is 146 Å². The van der Waals surface area contributed by atoms with E-state index in [1.807, 2.05) is 7.05 Å². The number of halogens is 1. The van der Waals surface area contributed by atoms with E-state index in [9.17, 15) is 14.9 Å². The van der Waals surface area contributed by atoms with Crippen LogP contribution in [0, 0.1) is 10.1 Å². The summed E-state index contributed by atoms with van der Waals surface area (Å²) in [6.07, 6.45) is 1.65. The number of nitro benzene ring substituents is 1. The molecule has 9 heteroatoms. The number of carbonyl (C=O) groups excluding carboxylic acids is 1. The molecule has 1 aliphatic rings. The van der Waals surface area contributed by atoms with Crippen LogP contribution >= 0.6 is 12.4 Å². The minimum atomic E-state index is -0.574. The number of likely N-dealkylation sites (tertiary alicyclic amines) is 1. The van der Waals surface area contributed by atoms with Gasteiger partial charge in [-0.05, 0) is 19.9 Å². The molecule has 1 heterocycles. The highest BCUT2D eigenvalue weighted by atomic mass is 35.5. The third-order valence-corrected chi connectivity index (χ3v) is 4.12. The average Bonchev–Trinajstić information content (AvgIpc) is 2.59.